The maximum absolute atomic E-state index is 6.13. The second-order valence-electron chi connectivity index (χ2n) is 6.81. The molecule has 2 heterocycles. The molecule has 0 aromatic carbocycles. The predicted molar refractivity (Wildman–Crippen MR) is 91.4 cm³/mol. The van der Waals surface area contributed by atoms with E-state index in [0.29, 0.717) is 12.2 Å². The summed E-state index contributed by atoms with van der Waals surface area (Å²) in [6.07, 6.45) is 3.69. The molecule has 1 aromatic rings. The van der Waals surface area contributed by atoms with E-state index in [1.165, 1.54) is 0 Å². The molecule has 6 heteroatoms. The number of hydrogen-bond donors (Lipinski definition) is 2. The fourth-order valence-electron chi connectivity index (χ4n) is 2.33. The molecule has 0 amide bonds. The summed E-state index contributed by atoms with van der Waals surface area (Å²) in [4.78, 5) is 4.40. The van der Waals surface area contributed by atoms with E-state index in [9.17, 15) is 0 Å². The van der Waals surface area contributed by atoms with Crippen molar-refractivity contribution in [3.63, 3.8) is 0 Å². The summed E-state index contributed by atoms with van der Waals surface area (Å²) in [5, 5.41) is 3.17. The van der Waals surface area contributed by atoms with Crippen LogP contribution in [-0.4, -0.2) is 36.9 Å². The molecule has 3 N–H and O–H groups in total. The minimum atomic E-state index is -0.379. The van der Waals surface area contributed by atoms with Crippen LogP contribution >= 0.6 is 0 Å². The number of likely N-dealkylation sites (N-methyl/N-ethyl adjacent to an activating group) is 1. The summed E-state index contributed by atoms with van der Waals surface area (Å²) < 4.78 is 12.3. The second-order valence-corrected chi connectivity index (χ2v) is 6.81. The van der Waals surface area contributed by atoms with Crippen LogP contribution in [-0.2, 0) is 9.31 Å². The Morgan fingerprint density at radius 3 is 2.41 bits per heavy atom. The molecule has 0 unspecified atom stereocenters. The number of aromatic nitrogens is 1. The van der Waals surface area contributed by atoms with E-state index < -0.39 is 0 Å². The van der Waals surface area contributed by atoms with E-state index in [1.54, 1.807) is 6.20 Å². The van der Waals surface area contributed by atoms with Crippen molar-refractivity contribution in [2.75, 3.05) is 19.3 Å². The number of nitrogens with one attached hydrogen (secondary N) is 1. The first-order valence-electron chi connectivity index (χ1n) is 7.59. The zero-order chi connectivity index (χ0) is 16.5. The smallest absolute Gasteiger partial charge is 0.400 e. The van der Waals surface area contributed by atoms with Gasteiger partial charge in [-0.05, 0) is 64.8 Å². The maximum Gasteiger partial charge on any atom is 0.491 e. The molecule has 1 aliphatic heterocycles. The lowest BCUT2D eigenvalue weighted by Gasteiger charge is -2.32. The summed E-state index contributed by atoms with van der Waals surface area (Å²) in [7, 11) is 1.53. The summed E-state index contributed by atoms with van der Waals surface area (Å²) >= 11 is 0. The van der Waals surface area contributed by atoms with E-state index in [1.807, 2.05) is 26.1 Å². The molecule has 0 bridgehead atoms. The van der Waals surface area contributed by atoms with Gasteiger partial charge in [0.15, 0.2) is 0 Å². The van der Waals surface area contributed by atoms with Crippen molar-refractivity contribution >= 4 is 18.9 Å². The number of pyridine rings is 1. The molecule has 1 fully saturated rings. The average molecular weight is 303 g/mol. The van der Waals surface area contributed by atoms with Gasteiger partial charge in [0.1, 0.15) is 0 Å². The van der Waals surface area contributed by atoms with Crippen LogP contribution in [0.2, 0.25) is 0 Å². The third kappa shape index (κ3) is 3.34. The number of nitrogens with zero attached hydrogens (tertiary/aromatic N) is 1. The third-order valence-electron chi connectivity index (χ3n) is 4.40. The van der Waals surface area contributed by atoms with Crippen molar-refractivity contribution in [1.82, 2.24) is 10.3 Å². The van der Waals surface area contributed by atoms with Crippen LogP contribution in [0.5, 0.6) is 0 Å². The third-order valence-corrected chi connectivity index (χ3v) is 4.40. The first-order chi connectivity index (χ1) is 10.2. The van der Waals surface area contributed by atoms with Gasteiger partial charge in [0.05, 0.1) is 28.8 Å². The number of anilines is 1. The molecular weight excluding hydrogens is 277 g/mol. The maximum atomic E-state index is 6.13. The van der Waals surface area contributed by atoms with E-state index >= 15 is 0 Å². The van der Waals surface area contributed by atoms with E-state index in [2.05, 4.69) is 38.0 Å². The molecule has 22 heavy (non-hydrogen) atoms. The summed E-state index contributed by atoms with van der Waals surface area (Å²) in [5.74, 6) is 0. The summed E-state index contributed by atoms with van der Waals surface area (Å²) in [6, 6.07) is 1.92. The SMILES string of the molecule is CNCC(=Cc1ncc(N)cc1C)B1OC(C)(C)C(C)(C)O1. The van der Waals surface area contributed by atoms with Crippen molar-refractivity contribution in [1.29, 1.82) is 0 Å². The molecule has 1 saturated heterocycles. The Kier molecular flexibility index (Phi) is 4.66. The van der Waals surface area contributed by atoms with Crippen LogP contribution < -0.4 is 11.1 Å². The number of nitrogen functional groups attached to an aromatic ring is 1. The number of hydrogen-bond acceptors (Lipinski definition) is 5. The number of rotatable bonds is 4. The number of nitrogens with two attached hydrogens (primary N) is 1. The van der Waals surface area contributed by atoms with Crippen molar-refractivity contribution in [3.8, 4) is 0 Å². The minimum absolute atomic E-state index is 0.353. The molecule has 0 radical (unpaired) electrons. The molecular formula is C16H26BN3O2. The van der Waals surface area contributed by atoms with E-state index in [0.717, 1.165) is 16.7 Å². The van der Waals surface area contributed by atoms with Crippen molar-refractivity contribution in [3.05, 3.63) is 29.0 Å². The highest BCUT2D eigenvalue weighted by atomic mass is 16.7. The molecule has 0 aliphatic carbocycles. The lowest BCUT2D eigenvalue weighted by Crippen LogP contribution is -2.41. The first-order valence-corrected chi connectivity index (χ1v) is 7.59. The van der Waals surface area contributed by atoms with Crippen LogP contribution in [0.25, 0.3) is 6.08 Å². The Bertz CT molecular complexity index is 569. The van der Waals surface area contributed by atoms with Crippen molar-refractivity contribution in [2.45, 2.75) is 45.8 Å². The highest BCUT2D eigenvalue weighted by Crippen LogP contribution is 2.38. The monoisotopic (exact) mass is 303 g/mol. The highest BCUT2D eigenvalue weighted by molar-refractivity contribution is 6.55. The molecule has 1 aromatic heterocycles. The van der Waals surface area contributed by atoms with Gasteiger partial charge >= 0.3 is 7.12 Å². The zero-order valence-corrected chi connectivity index (χ0v) is 14.4. The van der Waals surface area contributed by atoms with Crippen LogP contribution in [0.4, 0.5) is 5.69 Å². The Morgan fingerprint density at radius 2 is 1.91 bits per heavy atom. The molecule has 0 atom stereocenters. The molecule has 0 spiro atoms. The molecule has 1 aliphatic rings. The van der Waals surface area contributed by atoms with E-state index in [4.69, 9.17) is 15.0 Å². The van der Waals surface area contributed by atoms with Gasteiger partial charge in [-0.15, -0.1) is 0 Å². The summed E-state index contributed by atoms with van der Waals surface area (Å²) in [5.41, 5.74) is 8.66. The molecule has 5 nitrogen and oxygen atoms in total. The molecule has 0 saturated carbocycles. The van der Waals surface area contributed by atoms with Gasteiger partial charge in [0.25, 0.3) is 0 Å². The molecule has 2 rings (SSSR count). The largest absolute Gasteiger partial charge is 0.491 e. The standard InChI is InChI=1S/C16H26BN3O2/c1-11-7-13(18)10-20-14(11)8-12(9-19-6)17-21-15(2,3)16(4,5)22-17/h7-8,10,19H,9,18H2,1-6H3. The van der Waals surface area contributed by atoms with Crippen LogP contribution in [0.1, 0.15) is 39.0 Å². The number of aryl methyl sites for hydroxylation is 1. The van der Waals surface area contributed by atoms with Gasteiger partial charge in [-0.3, -0.25) is 4.98 Å². The van der Waals surface area contributed by atoms with Crippen molar-refractivity contribution in [2.24, 2.45) is 0 Å². The van der Waals surface area contributed by atoms with Crippen LogP contribution in [0.15, 0.2) is 17.7 Å². The summed E-state index contributed by atoms with van der Waals surface area (Å²) in [6.45, 7) is 10.9. The molecule has 120 valence electrons. The van der Waals surface area contributed by atoms with Gasteiger partial charge in [-0.25, -0.2) is 0 Å². The fourth-order valence-corrected chi connectivity index (χ4v) is 2.33. The highest BCUT2D eigenvalue weighted by Gasteiger charge is 2.52. The fraction of sp³-hybridized carbons (Fsp3) is 0.562. The van der Waals surface area contributed by atoms with E-state index in [-0.39, 0.29) is 18.3 Å². The van der Waals surface area contributed by atoms with Gasteiger partial charge < -0.3 is 20.4 Å². The average Bonchev–Trinajstić information content (AvgIpc) is 2.61. The van der Waals surface area contributed by atoms with Gasteiger partial charge in [0.2, 0.25) is 0 Å². The van der Waals surface area contributed by atoms with Crippen LogP contribution in [0.3, 0.4) is 0 Å². The van der Waals surface area contributed by atoms with Crippen molar-refractivity contribution < 1.29 is 9.31 Å². The lowest BCUT2D eigenvalue weighted by atomic mass is 9.77. The Hall–Kier alpha value is -1.37. The first kappa shape index (κ1) is 17.0. The lowest BCUT2D eigenvalue weighted by molar-refractivity contribution is 0.00578. The quantitative estimate of drug-likeness (QED) is 0.835. The second kappa shape index (κ2) is 6.03. The Labute approximate surface area is 133 Å². The van der Waals surface area contributed by atoms with Gasteiger partial charge in [-0.1, -0.05) is 0 Å². The Morgan fingerprint density at radius 1 is 1.32 bits per heavy atom. The zero-order valence-electron chi connectivity index (χ0n) is 14.4. The minimum Gasteiger partial charge on any atom is -0.400 e. The topological polar surface area (TPSA) is 69.4 Å². The van der Waals surface area contributed by atoms with Gasteiger partial charge in [-0.2, -0.15) is 0 Å². The Balaban J connectivity index is 2.33. The predicted octanol–water partition coefficient (Wildman–Crippen LogP) is 2.21. The van der Waals surface area contributed by atoms with Gasteiger partial charge in [0, 0.05) is 6.54 Å². The normalized spacial score (nSPS) is 20.5. The van der Waals surface area contributed by atoms with Crippen LogP contribution in [0, 0.1) is 6.92 Å².